The summed E-state index contributed by atoms with van der Waals surface area (Å²) in [7, 11) is 1.74. The molecule has 100 valence electrons. The number of nitrogens with one attached hydrogen (secondary N) is 1. The molecule has 0 bridgehead atoms. The Morgan fingerprint density at radius 1 is 1.39 bits per heavy atom. The minimum Gasteiger partial charge on any atom is -0.496 e. The van der Waals surface area contributed by atoms with Gasteiger partial charge < -0.3 is 10.1 Å². The number of benzene rings is 1. The molecule has 1 aliphatic rings. The lowest BCUT2D eigenvalue weighted by atomic mass is 10.1. The molecule has 4 heteroatoms. The highest BCUT2D eigenvalue weighted by Crippen LogP contribution is 2.26. The molecule has 18 heavy (non-hydrogen) atoms. The Morgan fingerprint density at radius 3 is 2.94 bits per heavy atom. The predicted octanol–water partition coefficient (Wildman–Crippen LogP) is 3.19. The van der Waals surface area contributed by atoms with Gasteiger partial charge in [-0.3, -0.25) is 0 Å². The molecule has 1 fully saturated rings. The molecule has 0 radical (unpaired) electrons. The highest BCUT2D eigenvalue weighted by Gasteiger charge is 2.16. The summed E-state index contributed by atoms with van der Waals surface area (Å²) in [5.74, 6) is 4.85. The van der Waals surface area contributed by atoms with Crippen LogP contribution < -0.4 is 10.1 Å². The van der Waals surface area contributed by atoms with E-state index in [4.69, 9.17) is 4.74 Å². The third-order valence-electron chi connectivity index (χ3n) is 3.14. The van der Waals surface area contributed by atoms with Gasteiger partial charge in [0.15, 0.2) is 0 Å². The Kier molecular flexibility index (Phi) is 5.73. The number of thioether (sulfide) groups is 2. The third-order valence-corrected chi connectivity index (χ3v) is 5.99. The zero-order valence-electron chi connectivity index (χ0n) is 11.0. The van der Waals surface area contributed by atoms with Crippen molar-refractivity contribution in [3.05, 3.63) is 29.8 Å². The van der Waals surface area contributed by atoms with Crippen molar-refractivity contribution in [3.63, 3.8) is 0 Å². The predicted molar refractivity (Wildman–Crippen MR) is 83.0 cm³/mol. The van der Waals surface area contributed by atoms with Gasteiger partial charge in [-0.2, -0.15) is 23.5 Å². The molecule has 2 rings (SSSR count). The molecule has 0 spiro atoms. The molecule has 1 N–H and O–H groups in total. The fourth-order valence-electron chi connectivity index (χ4n) is 2.10. The molecule has 0 aromatic heterocycles. The first-order valence-electron chi connectivity index (χ1n) is 6.37. The second-order valence-corrected chi connectivity index (χ2v) is 7.00. The van der Waals surface area contributed by atoms with Crippen LogP contribution in [0.4, 0.5) is 0 Å². The largest absolute Gasteiger partial charge is 0.496 e. The minimum atomic E-state index is 0.341. The van der Waals surface area contributed by atoms with Gasteiger partial charge in [0.25, 0.3) is 0 Å². The molecule has 2 atom stereocenters. The van der Waals surface area contributed by atoms with Crippen LogP contribution in [0.2, 0.25) is 0 Å². The van der Waals surface area contributed by atoms with Gasteiger partial charge in [-0.05, 0) is 13.0 Å². The van der Waals surface area contributed by atoms with Gasteiger partial charge in [0.2, 0.25) is 0 Å². The van der Waals surface area contributed by atoms with E-state index in [1.807, 2.05) is 12.1 Å². The average molecular weight is 283 g/mol. The standard InChI is InChI=1S/C14H21NOS2/c1-11(13-5-3-4-6-14(13)16-2)15-9-12-10-17-7-8-18-12/h3-6,11-12,15H,7-10H2,1-2H3. The van der Waals surface area contributed by atoms with Gasteiger partial charge in [-0.25, -0.2) is 0 Å². The Balaban J connectivity index is 1.88. The minimum absolute atomic E-state index is 0.341. The maximum absolute atomic E-state index is 5.41. The lowest BCUT2D eigenvalue weighted by Gasteiger charge is -2.24. The van der Waals surface area contributed by atoms with Crippen molar-refractivity contribution in [2.24, 2.45) is 0 Å². The Hall–Kier alpha value is -0.320. The van der Waals surface area contributed by atoms with E-state index in [0.717, 1.165) is 17.5 Å². The Bertz CT molecular complexity index is 367. The van der Waals surface area contributed by atoms with Crippen LogP contribution in [0.25, 0.3) is 0 Å². The van der Waals surface area contributed by atoms with Crippen LogP contribution in [0.3, 0.4) is 0 Å². The summed E-state index contributed by atoms with van der Waals surface area (Å²) < 4.78 is 5.41. The quantitative estimate of drug-likeness (QED) is 0.895. The maximum atomic E-state index is 5.41. The molecule has 0 saturated carbocycles. The van der Waals surface area contributed by atoms with Crippen molar-refractivity contribution in [3.8, 4) is 5.75 Å². The van der Waals surface area contributed by atoms with E-state index in [-0.39, 0.29) is 0 Å². The zero-order chi connectivity index (χ0) is 12.8. The molecule has 1 aromatic rings. The van der Waals surface area contributed by atoms with Gasteiger partial charge in [-0.15, -0.1) is 0 Å². The van der Waals surface area contributed by atoms with Crippen LogP contribution in [0.15, 0.2) is 24.3 Å². The summed E-state index contributed by atoms with van der Waals surface area (Å²) in [5.41, 5.74) is 1.24. The van der Waals surface area contributed by atoms with Crippen LogP contribution in [0, 0.1) is 0 Å². The number of hydrogen-bond donors (Lipinski definition) is 1. The first kappa shape index (κ1) is 14.1. The molecule has 1 aromatic carbocycles. The molecule has 1 saturated heterocycles. The average Bonchev–Trinajstić information content (AvgIpc) is 2.45. The van der Waals surface area contributed by atoms with Crippen LogP contribution in [0.5, 0.6) is 5.75 Å². The van der Waals surface area contributed by atoms with E-state index in [1.165, 1.54) is 22.8 Å². The van der Waals surface area contributed by atoms with E-state index in [0.29, 0.717) is 6.04 Å². The fourth-order valence-corrected chi connectivity index (χ4v) is 4.72. The van der Waals surface area contributed by atoms with Crippen LogP contribution in [-0.2, 0) is 0 Å². The number of para-hydroxylation sites is 1. The van der Waals surface area contributed by atoms with Crippen LogP contribution in [-0.4, -0.2) is 36.2 Å². The molecule has 0 amide bonds. The maximum Gasteiger partial charge on any atom is 0.123 e. The number of hydrogen-bond acceptors (Lipinski definition) is 4. The summed E-state index contributed by atoms with van der Waals surface area (Å²) in [5, 5.41) is 4.38. The second-order valence-electron chi connectivity index (χ2n) is 4.44. The summed E-state index contributed by atoms with van der Waals surface area (Å²) in [4.78, 5) is 0. The summed E-state index contributed by atoms with van der Waals surface area (Å²) in [6, 6.07) is 8.59. The van der Waals surface area contributed by atoms with E-state index in [9.17, 15) is 0 Å². The molecule has 2 unspecified atom stereocenters. The van der Waals surface area contributed by atoms with Crippen LogP contribution >= 0.6 is 23.5 Å². The monoisotopic (exact) mass is 283 g/mol. The molecule has 2 nitrogen and oxygen atoms in total. The fraction of sp³-hybridized carbons (Fsp3) is 0.571. The van der Waals surface area contributed by atoms with Gasteiger partial charge >= 0.3 is 0 Å². The summed E-state index contributed by atoms with van der Waals surface area (Å²) >= 11 is 4.17. The molecule has 1 aliphatic heterocycles. The number of methoxy groups -OCH3 is 1. The summed E-state index contributed by atoms with van der Waals surface area (Å²) in [6.07, 6.45) is 0. The Labute approximate surface area is 118 Å². The van der Waals surface area contributed by atoms with Gasteiger partial charge in [0.05, 0.1) is 7.11 Å². The van der Waals surface area contributed by atoms with E-state index >= 15 is 0 Å². The van der Waals surface area contributed by atoms with E-state index < -0.39 is 0 Å². The van der Waals surface area contributed by atoms with Crippen molar-refractivity contribution in [2.75, 3.05) is 30.9 Å². The van der Waals surface area contributed by atoms with Crippen molar-refractivity contribution >= 4 is 23.5 Å². The third kappa shape index (κ3) is 3.84. The molecular weight excluding hydrogens is 262 g/mol. The first-order valence-corrected chi connectivity index (χ1v) is 8.57. The van der Waals surface area contributed by atoms with E-state index in [2.05, 4.69) is 47.9 Å². The van der Waals surface area contributed by atoms with Gasteiger partial charge in [0.1, 0.15) is 5.75 Å². The smallest absolute Gasteiger partial charge is 0.123 e. The first-order chi connectivity index (χ1) is 8.81. The number of rotatable bonds is 5. The highest BCUT2D eigenvalue weighted by atomic mass is 32.2. The highest BCUT2D eigenvalue weighted by molar-refractivity contribution is 8.06. The van der Waals surface area contributed by atoms with Crippen molar-refractivity contribution in [1.29, 1.82) is 0 Å². The molecule has 0 aliphatic carbocycles. The second kappa shape index (κ2) is 7.31. The van der Waals surface area contributed by atoms with E-state index in [1.54, 1.807) is 7.11 Å². The van der Waals surface area contributed by atoms with Crippen molar-refractivity contribution in [1.82, 2.24) is 5.32 Å². The lowest BCUT2D eigenvalue weighted by Crippen LogP contribution is -2.31. The normalized spacial score (nSPS) is 21.6. The van der Waals surface area contributed by atoms with Crippen LogP contribution in [0.1, 0.15) is 18.5 Å². The Morgan fingerprint density at radius 2 is 2.22 bits per heavy atom. The lowest BCUT2D eigenvalue weighted by molar-refractivity contribution is 0.402. The summed E-state index contributed by atoms with van der Waals surface area (Å²) in [6.45, 7) is 3.29. The molecular formula is C14H21NOS2. The van der Waals surface area contributed by atoms with Gasteiger partial charge in [0, 0.05) is 40.7 Å². The SMILES string of the molecule is COc1ccccc1C(C)NCC1CSCCS1. The zero-order valence-corrected chi connectivity index (χ0v) is 12.7. The van der Waals surface area contributed by atoms with Crippen molar-refractivity contribution in [2.45, 2.75) is 18.2 Å². The number of ether oxygens (including phenoxy) is 1. The molecule has 1 heterocycles. The van der Waals surface area contributed by atoms with Crippen molar-refractivity contribution < 1.29 is 4.74 Å². The topological polar surface area (TPSA) is 21.3 Å². The van der Waals surface area contributed by atoms with Gasteiger partial charge in [-0.1, -0.05) is 18.2 Å².